The summed E-state index contributed by atoms with van der Waals surface area (Å²) in [4.78, 5) is 111. The zero-order chi connectivity index (χ0) is 95.0. The van der Waals surface area contributed by atoms with Crippen molar-refractivity contribution >= 4 is 87.1 Å². The van der Waals surface area contributed by atoms with Crippen LogP contribution in [0.5, 0.6) is 0 Å². The van der Waals surface area contributed by atoms with E-state index in [0.717, 1.165) is 185 Å². The fourth-order valence-electron chi connectivity index (χ4n) is 24.0. The van der Waals surface area contributed by atoms with Crippen LogP contribution in [0, 0.1) is 0 Å². The van der Waals surface area contributed by atoms with E-state index in [0.29, 0.717) is 51.9 Å². The minimum Gasteiger partial charge on any atom is -0.388 e. The summed E-state index contributed by atoms with van der Waals surface area (Å²) in [5, 5.41) is 33.3. The zero-order valence-electron chi connectivity index (χ0n) is 81.1. The molecule has 5 heterocycles. The zero-order valence-corrected chi connectivity index (χ0v) is 84.4. The number of imide groups is 2. The average molecular weight is 1890 g/mol. The molecule has 7 saturated carbocycles. The predicted octanol–water partition coefficient (Wildman–Crippen LogP) is 13.6. The number of benzene rings is 5. The molecule has 5 aromatic carbocycles. The number of urea groups is 5. The van der Waals surface area contributed by atoms with Gasteiger partial charge in [-0.05, 0) is 284 Å². The predicted molar refractivity (Wildman–Crippen MR) is 532 cm³/mol. The summed E-state index contributed by atoms with van der Waals surface area (Å²) in [6, 6.07) is 52.7. The van der Waals surface area contributed by atoms with Gasteiger partial charge in [0, 0.05) is 97.0 Å². The van der Waals surface area contributed by atoms with Gasteiger partial charge < -0.3 is 50.7 Å². The molecule has 12 amide bonds. The van der Waals surface area contributed by atoms with Crippen molar-refractivity contribution in [1.29, 1.82) is 0 Å². The van der Waals surface area contributed by atoms with Crippen LogP contribution in [-0.4, -0.2) is 331 Å². The highest BCUT2D eigenvalue weighted by molar-refractivity contribution is 7.99. The van der Waals surface area contributed by atoms with Gasteiger partial charge in [-0.2, -0.15) is 35.3 Å². The van der Waals surface area contributed by atoms with E-state index in [2.05, 4.69) is 267 Å². The highest BCUT2D eigenvalue weighted by Gasteiger charge is 2.61. The Kier molecular flexibility index (Phi) is 32.3. The number of hydrogen-bond acceptors (Lipinski definition) is 19. The van der Waals surface area contributed by atoms with Gasteiger partial charge in [-0.3, -0.25) is 44.3 Å². The van der Waals surface area contributed by atoms with Gasteiger partial charge in [0.25, 0.3) is 11.8 Å². The van der Waals surface area contributed by atoms with Crippen LogP contribution in [0.4, 0.5) is 24.0 Å². The topological polar surface area (TPSA) is 278 Å². The van der Waals surface area contributed by atoms with E-state index in [9.17, 15) is 52.2 Å². The number of rotatable bonds is 26. The summed E-state index contributed by atoms with van der Waals surface area (Å²) >= 11 is 5.23. The van der Waals surface area contributed by atoms with Crippen molar-refractivity contribution in [3.63, 3.8) is 0 Å². The van der Waals surface area contributed by atoms with Gasteiger partial charge >= 0.3 is 30.2 Å². The van der Waals surface area contributed by atoms with Gasteiger partial charge in [0.2, 0.25) is 0 Å². The summed E-state index contributed by atoms with van der Waals surface area (Å²) < 4.78 is 23.5. The quantitative estimate of drug-likeness (QED) is 0.0281. The molecule has 5 spiro atoms. The largest absolute Gasteiger partial charge is 0.388 e. The lowest BCUT2D eigenvalue weighted by Crippen LogP contribution is -2.59. The Morgan fingerprint density at radius 2 is 0.667 bits per heavy atom. The number of carbonyl (C=O) groups excluding carboxylic acids is 7. The Hall–Kier alpha value is -7.49. The van der Waals surface area contributed by atoms with E-state index in [4.69, 9.17) is 0 Å². The normalized spacial score (nSPS) is 30.6. The number of hydrogen-bond donors (Lipinski definition) is 6. The van der Waals surface area contributed by atoms with E-state index in [1.807, 2.05) is 39.2 Å². The second kappa shape index (κ2) is 41.8. The van der Waals surface area contributed by atoms with Gasteiger partial charge in [-0.25, -0.2) is 32.4 Å². The number of thioether (sulfide) groups is 3. The Morgan fingerprint density at radius 1 is 0.356 bits per heavy atom. The van der Waals surface area contributed by atoms with E-state index >= 15 is 0 Å². The maximum atomic E-state index is 13.4. The third kappa shape index (κ3) is 21.1. The molecular weight excluding hydrogens is 1740 g/mol. The lowest BCUT2D eigenvalue weighted by Gasteiger charge is -2.52. The van der Waals surface area contributed by atoms with Crippen LogP contribution in [0.15, 0.2) is 152 Å². The smallest absolute Gasteiger partial charge is 0.325 e. The number of nitrogens with zero attached hydrogens (tertiary/aromatic N) is 11. The van der Waals surface area contributed by atoms with E-state index in [1.54, 1.807) is 40.2 Å². The van der Waals surface area contributed by atoms with E-state index < -0.39 is 32.1 Å². The average Bonchev–Trinajstić information content (AvgIpc) is 1.59. The van der Waals surface area contributed by atoms with Crippen LogP contribution in [-0.2, 0) is 47.1 Å². The summed E-state index contributed by atoms with van der Waals surface area (Å²) in [6.45, 7) is 5.42. The number of sulfone groups is 1. The Labute approximate surface area is 799 Å². The summed E-state index contributed by atoms with van der Waals surface area (Å²) in [7, 11) is 18.2. The number of amides is 12. The highest BCUT2D eigenvalue weighted by Crippen LogP contribution is 2.55. The van der Waals surface area contributed by atoms with Gasteiger partial charge in [0.15, 0.2) is 0 Å². The van der Waals surface area contributed by atoms with Gasteiger partial charge in [-0.1, -0.05) is 152 Å². The van der Waals surface area contributed by atoms with Gasteiger partial charge in [0.1, 0.15) is 20.9 Å². The van der Waals surface area contributed by atoms with Crippen LogP contribution < -0.4 is 21.3 Å². The molecule has 0 unspecified atom stereocenters. The first kappa shape index (κ1) is 102. The molecule has 7 aliphatic carbocycles. The molecule has 6 N–H and O–H groups in total. The standard InChI is InChI=1S/C24H37N3O4S.C24H37N3O2S.C19H27N3O2S.C19H29N3OS.C16H21N3O2/c1-25(2)24(20-8-5-4-6-9-20)14-12-22(13-15-24)18-26(16-17-32(3,30)31)21(28)27(22)19-23(29)10-7-11-23;1-25(2)24(20-8-5-4-6-9-20)14-12-22(13-15-24)18-26(16-17-30-3)21(28)27(22)19-23(29)10-7-11-23;1-21(2)19(15-7-5-4-6-8-15)11-9-18(10-12-19)16(23)22(13-14-25-3)17(24)20-18;1-21(2)19(16-7-5-4-6-8-16)11-9-18(10-12-19)15-22(13-14-24-3)17(23)20-18;1-19(2)16(12-6-4-3-5-7-12)10-8-15(9-11-16)13(20)17-14(21)18-15/h4-6,8-9,29H,7,10-19H2,1-3H3;4-6,8-9,29H,7,10-19H2,1-3H3;4-8H,9-14H2,1-3H3,(H,20,24);4-8H,9-15H2,1-3H3,(H,20,23);3-7H,8-11H2,1-2H3,(H2,17,18,20,21). The molecule has 12 aliphatic rings. The molecule has 17 rings (SSSR count). The molecule has 5 aromatic rings. The minimum absolute atomic E-state index is 0.0152. The van der Waals surface area contributed by atoms with Crippen LogP contribution in [0.25, 0.3) is 0 Å². The first-order chi connectivity index (χ1) is 62.8. The second-order valence-corrected chi connectivity index (χ2v) is 46.6. The molecule has 0 bridgehead atoms. The third-order valence-electron chi connectivity index (χ3n) is 33.1. The van der Waals surface area contributed by atoms with Crippen LogP contribution in [0.3, 0.4) is 0 Å². The Morgan fingerprint density at radius 3 is 0.970 bits per heavy atom. The van der Waals surface area contributed by atoms with Gasteiger partial charge in [-0.15, -0.1) is 0 Å². The number of aliphatic hydroxyl groups is 2. The lowest BCUT2D eigenvalue weighted by atomic mass is 9.67. The van der Waals surface area contributed by atoms with Crippen LogP contribution in [0.1, 0.15) is 195 Å². The molecule has 5 aliphatic heterocycles. The second-order valence-electron chi connectivity index (χ2n) is 41.3. The summed E-state index contributed by atoms with van der Waals surface area (Å²) in [5.74, 6) is 2.51. The molecule has 5 saturated heterocycles. The number of nitrogens with one attached hydrogen (secondary N) is 4. The molecule has 0 atom stereocenters. The van der Waals surface area contributed by atoms with Gasteiger partial charge in [0.05, 0.1) is 46.7 Å². The molecule has 724 valence electrons. The number of β-amino-alcohol motifs (C(OH)–C–C–N with tert-alkyl or cyclic N) is 2. The van der Waals surface area contributed by atoms with E-state index in [1.165, 1.54) is 39.0 Å². The van der Waals surface area contributed by atoms with Crippen molar-refractivity contribution in [2.75, 3.05) is 177 Å². The van der Waals surface area contributed by atoms with Crippen molar-refractivity contribution in [2.45, 2.75) is 234 Å². The van der Waals surface area contributed by atoms with E-state index in [-0.39, 0.29) is 98.6 Å². The van der Waals surface area contributed by atoms with Crippen LogP contribution >= 0.6 is 35.3 Å². The molecule has 0 aromatic heterocycles. The first-order valence-corrected chi connectivity index (χ1v) is 54.2. The Bertz CT molecular complexity index is 4840. The molecular formula is C102H151N15O11S4. The summed E-state index contributed by atoms with van der Waals surface area (Å²) in [6.07, 6.45) is 30.4. The molecule has 0 radical (unpaired) electrons. The SMILES string of the molecule is CN(C)C1(c2ccccc2)CCC2(CC1)CN(CCS(C)(=O)=O)C(=O)N2CC1(O)CCC1.CN(C)C1(c2ccccc2)CCC2(CC1)NC(=O)NC2=O.CSCCN1C(=O)NC2(CCC(c3ccccc3)(N(C)C)CC2)C1=O.CSCCN1CC2(CCC(c3ccccc3)(N(C)C)CC2)N(CC2(O)CCC2)C1=O.CSCCN1CC2(CCC(c3ccccc3)(N(C)C)CC2)NC1=O. The third-order valence-corrected chi connectivity index (χ3v) is 35.8. The van der Waals surface area contributed by atoms with Crippen molar-refractivity contribution in [2.24, 2.45) is 0 Å². The minimum atomic E-state index is -3.16. The highest BCUT2D eigenvalue weighted by atomic mass is 32.2. The fourth-order valence-corrected chi connectivity index (χ4v) is 25.7. The van der Waals surface area contributed by atoms with Crippen molar-refractivity contribution in [3.8, 4) is 0 Å². The monoisotopic (exact) mass is 1890 g/mol. The lowest BCUT2D eigenvalue weighted by molar-refractivity contribution is -0.133. The van der Waals surface area contributed by atoms with Crippen LogP contribution in [0.2, 0.25) is 0 Å². The molecule has 26 nitrogen and oxygen atoms in total. The Balaban J connectivity index is 0.000000141. The molecule has 132 heavy (non-hydrogen) atoms. The molecule has 30 heteroatoms. The fraction of sp³-hybridized carbons (Fsp3) is 0.637. The maximum absolute atomic E-state index is 13.4. The van der Waals surface area contributed by atoms with Crippen molar-refractivity contribution in [3.05, 3.63) is 179 Å². The molecule has 12 fully saturated rings. The maximum Gasteiger partial charge on any atom is 0.325 e. The van der Waals surface area contributed by atoms with Crippen molar-refractivity contribution < 1.29 is 52.2 Å². The first-order valence-electron chi connectivity index (χ1n) is 48.0. The van der Waals surface area contributed by atoms with Crippen molar-refractivity contribution in [1.82, 2.24) is 75.2 Å². The summed E-state index contributed by atoms with van der Waals surface area (Å²) in [5.41, 5.74) is 3.08. The number of carbonyl (C=O) groups is 7.